The largest absolute Gasteiger partial charge is 0.436 e. The zero-order valence-electron chi connectivity index (χ0n) is 9.37. The van der Waals surface area contributed by atoms with Crippen molar-refractivity contribution < 1.29 is 4.74 Å². The van der Waals surface area contributed by atoms with E-state index in [1.807, 2.05) is 38.1 Å². The number of rotatable bonds is 2. The van der Waals surface area contributed by atoms with Crippen LogP contribution >= 0.6 is 27.5 Å². The van der Waals surface area contributed by atoms with Crippen molar-refractivity contribution in [3.05, 3.63) is 45.0 Å². The number of para-hydroxylation sites is 1. The van der Waals surface area contributed by atoms with Gasteiger partial charge in [-0.25, -0.2) is 0 Å². The van der Waals surface area contributed by atoms with Crippen LogP contribution in [-0.4, -0.2) is 10.2 Å². The highest BCUT2D eigenvalue weighted by molar-refractivity contribution is 9.10. The summed E-state index contributed by atoms with van der Waals surface area (Å²) in [5, 5.41) is 8.20. The molecule has 0 aliphatic heterocycles. The fourth-order valence-corrected chi connectivity index (χ4v) is 1.83. The van der Waals surface area contributed by atoms with Gasteiger partial charge in [-0.05, 0) is 47.5 Å². The van der Waals surface area contributed by atoms with Crippen LogP contribution in [0.25, 0.3) is 0 Å². The summed E-state index contributed by atoms with van der Waals surface area (Å²) in [4.78, 5) is 0. The SMILES string of the molecule is Cc1c(Cl)nnc(Oc2ccccc2Br)c1C. The van der Waals surface area contributed by atoms with Crippen molar-refractivity contribution in [3.63, 3.8) is 0 Å². The number of hydrogen-bond acceptors (Lipinski definition) is 3. The smallest absolute Gasteiger partial charge is 0.242 e. The molecule has 3 nitrogen and oxygen atoms in total. The lowest BCUT2D eigenvalue weighted by Crippen LogP contribution is -1.97. The summed E-state index contributed by atoms with van der Waals surface area (Å²) in [6.07, 6.45) is 0. The first kappa shape index (κ1) is 12.3. The summed E-state index contributed by atoms with van der Waals surface area (Å²) in [6, 6.07) is 7.57. The molecule has 88 valence electrons. The molecule has 0 unspecified atom stereocenters. The molecule has 2 rings (SSSR count). The summed E-state index contributed by atoms with van der Waals surface area (Å²) < 4.78 is 6.57. The predicted molar refractivity (Wildman–Crippen MR) is 70.7 cm³/mol. The van der Waals surface area contributed by atoms with Gasteiger partial charge >= 0.3 is 0 Å². The maximum Gasteiger partial charge on any atom is 0.242 e. The Kier molecular flexibility index (Phi) is 3.64. The molecule has 5 heteroatoms. The number of ether oxygens (including phenoxy) is 1. The predicted octanol–water partition coefficient (Wildman–Crippen LogP) is 4.30. The number of halogens is 2. The molecule has 0 radical (unpaired) electrons. The van der Waals surface area contributed by atoms with Crippen molar-refractivity contribution in [1.82, 2.24) is 10.2 Å². The summed E-state index contributed by atoms with van der Waals surface area (Å²) in [5.41, 5.74) is 1.77. The van der Waals surface area contributed by atoms with Gasteiger partial charge in [0.15, 0.2) is 5.15 Å². The Labute approximate surface area is 113 Å². The van der Waals surface area contributed by atoms with Crippen molar-refractivity contribution in [1.29, 1.82) is 0 Å². The lowest BCUT2D eigenvalue weighted by atomic mass is 10.2. The van der Waals surface area contributed by atoms with Gasteiger partial charge in [0, 0.05) is 5.56 Å². The molecule has 0 atom stereocenters. The van der Waals surface area contributed by atoms with E-state index in [9.17, 15) is 0 Å². The van der Waals surface area contributed by atoms with Crippen LogP contribution in [0.3, 0.4) is 0 Å². The minimum Gasteiger partial charge on any atom is -0.436 e. The number of nitrogens with zero attached hydrogens (tertiary/aromatic N) is 2. The second-order valence-electron chi connectivity index (χ2n) is 3.58. The van der Waals surface area contributed by atoms with Gasteiger partial charge in [0.05, 0.1) is 4.47 Å². The van der Waals surface area contributed by atoms with Gasteiger partial charge in [0.1, 0.15) is 5.75 Å². The Morgan fingerprint density at radius 2 is 1.82 bits per heavy atom. The van der Waals surface area contributed by atoms with Gasteiger partial charge in [-0.1, -0.05) is 23.7 Å². The van der Waals surface area contributed by atoms with Crippen LogP contribution in [-0.2, 0) is 0 Å². The van der Waals surface area contributed by atoms with E-state index in [1.165, 1.54) is 0 Å². The standard InChI is InChI=1S/C12H10BrClN2O/c1-7-8(2)12(16-15-11(7)14)17-10-6-4-3-5-9(10)13/h3-6H,1-2H3. The molecule has 0 aliphatic rings. The molecule has 17 heavy (non-hydrogen) atoms. The minimum atomic E-state index is 0.405. The third-order valence-electron chi connectivity index (χ3n) is 2.46. The second kappa shape index (κ2) is 5.02. The summed E-state index contributed by atoms with van der Waals surface area (Å²) in [6.45, 7) is 3.79. The van der Waals surface area contributed by atoms with Gasteiger partial charge in [-0.2, -0.15) is 0 Å². The third kappa shape index (κ3) is 2.58. The van der Waals surface area contributed by atoms with Crippen LogP contribution in [0.2, 0.25) is 5.15 Å². The van der Waals surface area contributed by atoms with Crippen molar-refractivity contribution >= 4 is 27.5 Å². The molecule has 0 amide bonds. The average Bonchev–Trinajstić information content (AvgIpc) is 2.32. The van der Waals surface area contributed by atoms with Gasteiger partial charge in [0.25, 0.3) is 0 Å². The first-order valence-electron chi connectivity index (χ1n) is 5.01. The molecule has 1 heterocycles. The zero-order chi connectivity index (χ0) is 12.4. The van der Waals surface area contributed by atoms with Crippen molar-refractivity contribution in [2.75, 3.05) is 0 Å². The van der Waals surface area contributed by atoms with E-state index >= 15 is 0 Å². The summed E-state index contributed by atoms with van der Waals surface area (Å²) in [7, 11) is 0. The zero-order valence-corrected chi connectivity index (χ0v) is 11.7. The molecule has 0 saturated carbocycles. The fraction of sp³-hybridized carbons (Fsp3) is 0.167. The average molecular weight is 314 g/mol. The molecule has 0 N–H and O–H groups in total. The van der Waals surface area contributed by atoms with Crippen molar-refractivity contribution in [3.8, 4) is 11.6 Å². The Morgan fingerprint density at radius 3 is 2.53 bits per heavy atom. The molecule has 1 aromatic carbocycles. The van der Waals surface area contributed by atoms with Gasteiger partial charge in [-0.15, -0.1) is 10.2 Å². The molecular formula is C12H10BrClN2O. The van der Waals surface area contributed by atoms with Crippen LogP contribution in [0.1, 0.15) is 11.1 Å². The monoisotopic (exact) mass is 312 g/mol. The molecule has 0 bridgehead atoms. The minimum absolute atomic E-state index is 0.405. The molecular weight excluding hydrogens is 304 g/mol. The van der Waals surface area contributed by atoms with Gasteiger partial charge in [0.2, 0.25) is 5.88 Å². The molecule has 2 aromatic rings. The normalized spacial score (nSPS) is 10.4. The van der Waals surface area contributed by atoms with Gasteiger partial charge in [-0.3, -0.25) is 0 Å². The van der Waals surface area contributed by atoms with Crippen LogP contribution in [0.15, 0.2) is 28.7 Å². The highest BCUT2D eigenvalue weighted by atomic mass is 79.9. The summed E-state index contributed by atoms with van der Waals surface area (Å²) >= 11 is 9.29. The van der Waals surface area contributed by atoms with Crippen molar-refractivity contribution in [2.45, 2.75) is 13.8 Å². The van der Waals surface area contributed by atoms with E-state index in [0.717, 1.165) is 15.6 Å². The maximum atomic E-state index is 5.88. The Bertz CT molecular complexity index is 560. The molecule has 0 spiro atoms. The van der Waals surface area contributed by atoms with Gasteiger partial charge < -0.3 is 4.74 Å². The Hall–Kier alpha value is -1.13. The first-order chi connectivity index (χ1) is 8.09. The lowest BCUT2D eigenvalue weighted by molar-refractivity contribution is 0.447. The second-order valence-corrected chi connectivity index (χ2v) is 4.79. The number of hydrogen-bond donors (Lipinski definition) is 0. The molecule has 0 aliphatic carbocycles. The van der Waals surface area contributed by atoms with E-state index in [0.29, 0.717) is 16.8 Å². The Morgan fingerprint density at radius 1 is 1.12 bits per heavy atom. The van der Waals surface area contributed by atoms with Crippen LogP contribution < -0.4 is 4.74 Å². The van der Waals surface area contributed by atoms with E-state index in [2.05, 4.69) is 26.1 Å². The van der Waals surface area contributed by atoms with E-state index in [4.69, 9.17) is 16.3 Å². The van der Waals surface area contributed by atoms with E-state index in [-0.39, 0.29) is 0 Å². The van der Waals surface area contributed by atoms with E-state index in [1.54, 1.807) is 0 Å². The van der Waals surface area contributed by atoms with Crippen LogP contribution in [0.5, 0.6) is 11.6 Å². The molecule has 1 aromatic heterocycles. The highest BCUT2D eigenvalue weighted by Gasteiger charge is 2.11. The fourth-order valence-electron chi connectivity index (χ4n) is 1.28. The van der Waals surface area contributed by atoms with Crippen LogP contribution in [0, 0.1) is 13.8 Å². The number of benzene rings is 1. The quantitative estimate of drug-likeness (QED) is 0.829. The third-order valence-corrected chi connectivity index (χ3v) is 3.48. The van der Waals surface area contributed by atoms with E-state index < -0.39 is 0 Å². The highest BCUT2D eigenvalue weighted by Crippen LogP contribution is 2.31. The molecule has 0 fully saturated rings. The topological polar surface area (TPSA) is 35.0 Å². The maximum absolute atomic E-state index is 5.88. The number of aromatic nitrogens is 2. The first-order valence-corrected chi connectivity index (χ1v) is 6.18. The van der Waals surface area contributed by atoms with Crippen molar-refractivity contribution in [2.24, 2.45) is 0 Å². The van der Waals surface area contributed by atoms with Crippen LogP contribution in [0.4, 0.5) is 0 Å². The lowest BCUT2D eigenvalue weighted by Gasteiger charge is -2.10. The Balaban J connectivity index is 2.38. The molecule has 0 saturated heterocycles. The summed E-state index contributed by atoms with van der Waals surface area (Å²) in [5.74, 6) is 1.17.